The third-order valence-electron chi connectivity index (χ3n) is 2.74. The molecule has 0 spiro atoms. The minimum absolute atomic E-state index is 0.0911. The maximum atomic E-state index is 10.2. The Labute approximate surface area is 239 Å². The van der Waals surface area contributed by atoms with E-state index in [1.165, 1.54) is 32.1 Å². The Hall–Kier alpha value is -2.07. The summed E-state index contributed by atoms with van der Waals surface area (Å²) in [6, 6.07) is 0. The summed E-state index contributed by atoms with van der Waals surface area (Å²) >= 11 is 0. The molecular weight excluding hydrogens is 504 g/mol. The number of ether oxygens (including phenoxy) is 1. The zero-order valence-corrected chi connectivity index (χ0v) is 26.3. The second-order valence-electron chi connectivity index (χ2n) is 4.95. The molecule has 3 N–H and O–H groups in total. The first-order valence-electron chi connectivity index (χ1n) is 12.3. The Kier molecular flexibility index (Phi) is 193. The monoisotopic (exact) mass is 570 g/mol. The van der Waals surface area contributed by atoms with Crippen LogP contribution in [0.1, 0.15) is 72.1 Å². The van der Waals surface area contributed by atoms with Crippen LogP contribution in [-0.2, 0) is 19.3 Å². The molecular formula is C30H66O7S. The van der Waals surface area contributed by atoms with Gasteiger partial charge in [0.2, 0.25) is 0 Å². The van der Waals surface area contributed by atoms with Gasteiger partial charge in [0.05, 0.1) is 19.8 Å². The first kappa shape index (κ1) is 65.2. The van der Waals surface area contributed by atoms with E-state index in [9.17, 15) is 8.42 Å². The van der Waals surface area contributed by atoms with E-state index in [0.717, 1.165) is 26.1 Å². The summed E-state index contributed by atoms with van der Waals surface area (Å²) in [6.07, 6.45) is 9.05. The summed E-state index contributed by atoms with van der Waals surface area (Å²) in [6.45, 7) is 49.7. The van der Waals surface area contributed by atoms with Gasteiger partial charge in [-0.25, -0.2) is 4.18 Å². The summed E-state index contributed by atoms with van der Waals surface area (Å²) in [5.41, 5.74) is 0. The minimum Gasteiger partial charge on any atom is -0.394 e. The van der Waals surface area contributed by atoms with E-state index in [0.29, 0.717) is 6.42 Å². The molecule has 0 bridgehead atoms. The van der Waals surface area contributed by atoms with Crippen LogP contribution in [0.4, 0.5) is 0 Å². The third-order valence-corrected chi connectivity index (χ3v) is 3.20. The normalized spacial score (nSPS) is 7.32. The topological polar surface area (TPSA) is 113 Å². The van der Waals surface area contributed by atoms with Crippen molar-refractivity contribution in [2.45, 2.75) is 72.1 Å². The number of rotatable bonds is 13. The highest BCUT2D eigenvalue weighted by atomic mass is 32.3. The van der Waals surface area contributed by atoms with E-state index < -0.39 is 10.4 Å². The predicted molar refractivity (Wildman–Crippen MR) is 175 cm³/mol. The van der Waals surface area contributed by atoms with Crippen molar-refractivity contribution in [2.75, 3.05) is 33.0 Å². The quantitative estimate of drug-likeness (QED) is 0.115. The number of unbranched alkanes of at least 4 members (excludes halogenated alkanes) is 7. The van der Waals surface area contributed by atoms with Gasteiger partial charge in [0.25, 0.3) is 0 Å². The molecule has 38 heavy (non-hydrogen) atoms. The van der Waals surface area contributed by atoms with Crippen LogP contribution in [0.3, 0.4) is 0 Å². The summed E-state index contributed by atoms with van der Waals surface area (Å²) in [5, 5.41) is 15.2. The van der Waals surface area contributed by atoms with E-state index in [-0.39, 0.29) is 19.8 Å². The van der Waals surface area contributed by atoms with Crippen LogP contribution in [0, 0.1) is 0 Å². The van der Waals surface area contributed by atoms with Crippen LogP contribution < -0.4 is 0 Å². The lowest BCUT2D eigenvalue weighted by Gasteiger charge is -2.01. The van der Waals surface area contributed by atoms with E-state index in [2.05, 4.69) is 103 Å². The number of hydrogen-bond acceptors (Lipinski definition) is 6. The molecule has 0 radical (unpaired) electrons. The van der Waals surface area contributed by atoms with Gasteiger partial charge in [-0.3, -0.25) is 4.55 Å². The average Bonchev–Trinajstić information content (AvgIpc) is 3.00. The smallest absolute Gasteiger partial charge is 0.394 e. The minimum atomic E-state index is -4.23. The Morgan fingerprint density at radius 2 is 0.789 bits per heavy atom. The summed E-state index contributed by atoms with van der Waals surface area (Å²) in [7, 11) is -4.23. The van der Waals surface area contributed by atoms with E-state index in [4.69, 9.17) is 19.5 Å². The van der Waals surface area contributed by atoms with Gasteiger partial charge in [-0.05, 0) is 20.3 Å². The number of hydrogen-bond donors (Lipinski definition) is 3. The molecule has 7 nitrogen and oxygen atoms in total. The van der Waals surface area contributed by atoms with Crippen LogP contribution in [0.5, 0.6) is 0 Å². The lowest BCUT2D eigenvalue weighted by Crippen LogP contribution is -2.04. The van der Waals surface area contributed by atoms with Crippen LogP contribution in [0.25, 0.3) is 0 Å². The van der Waals surface area contributed by atoms with Gasteiger partial charge in [0.15, 0.2) is 0 Å². The fourth-order valence-corrected chi connectivity index (χ4v) is 1.93. The van der Waals surface area contributed by atoms with Crippen molar-refractivity contribution >= 4 is 10.4 Å². The third kappa shape index (κ3) is 220. The second-order valence-corrected chi connectivity index (χ2v) is 6.04. The Balaban J connectivity index is -0.0000000354. The fourth-order valence-electron chi connectivity index (χ4n) is 1.60. The largest absolute Gasteiger partial charge is 0.397 e. The lowest BCUT2D eigenvalue weighted by atomic mass is 10.1. The molecule has 0 aliphatic rings. The zero-order valence-electron chi connectivity index (χ0n) is 25.5. The highest BCUT2D eigenvalue weighted by molar-refractivity contribution is 7.80. The molecule has 0 saturated carbocycles. The average molecular weight is 571 g/mol. The Bertz CT molecular complexity index is 368. The summed E-state index contributed by atoms with van der Waals surface area (Å²) < 4.78 is 37.6. The van der Waals surface area contributed by atoms with E-state index in [1.54, 1.807) is 0 Å². The molecule has 0 aromatic carbocycles. The SMILES string of the molecule is C=C.C=C.C=C.C=C.C=C.C=C.C=C.CCCCCCCCCCOS(=O)(=O)O.CCOCC.OCCO. The van der Waals surface area contributed by atoms with Crippen LogP contribution in [0.15, 0.2) is 92.1 Å². The van der Waals surface area contributed by atoms with Crippen molar-refractivity contribution in [3.05, 3.63) is 92.1 Å². The van der Waals surface area contributed by atoms with Crippen molar-refractivity contribution in [3.8, 4) is 0 Å². The molecule has 234 valence electrons. The highest BCUT2D eigenvalue weighted by Crippen LogP contribution is 2.08. The van der Waals surface area contributed by atoms with Gasteiger partial charge in [0.1, 0.15) is 0 Å². The molecule has 0 aromatic rings. The highest BCUT2D eigenvalue weighted by Gasteiger charge is 2.02. The molecule has 0 rings (SSSR count). The molecule has 0 unspecified atom stereocenters. The molecule has 0 amide bonds. The lowest BCUT2D eigenvalue weighted by molar-refractivity contribution is 0.162. The van der Waals surface area contributed by atoms with Gasteiger partial charge in [-0.15, -0.1) is 92.1 Å². The van der Waals surface area contributed by atoms with Gasteiger partial charge >= 0.3 is 10.4 Å². The molecule has 0 aliphatic carbocycles. The van der Waals surface area contributed by atoms with Crippen molar-refractivity contribution in [1.29, 1.82) is 0 Å². The molecule has 0 aliphatic heterocycles. The fraction of sp³-hybridized carbons (Fsp3) is 0.533. The van der Waals surface area contributed by atoms with Gasteiger partial charge < -0.3 is 14.9 Å². The molecule has 0 aromatic heterocycles. The van der Waals surface area contributed by atoms with Gasteiger partial charge in [0, 0.05) is 13.2 Å². The molecule has 8 heteroatoms. The summed E-state index contributed by atoms with van der Waals surface area (Å²) in [5.74, 6) is 0. The molecule has 0 fully saturated rings. The van der Waals surface area contributed by atoms with Gasteiger partial charge in [-0.2, -0.15) is 8.42 Å². The van der Waals surface area contributed by atoms with Crippen molar-refractivity contribution in [1.82, 2.24) is 0 Å². The van der Waals surface area contributed by atoms with Crippen LogP contribution >= 0.6 is 0 Å². The van der Waals surface area contributed by atoms with Crippen molar-refractivity contribution in [3.63, 3.8) is 0 Å². The molecule has 0 saturated heterocycles. The molecule has 0 atom stereocenters. The second kappa shape index (κ2) is 112. The maximum absolute atomic E-state index is 10.2. The van der Waals surface area contributed by atoms with Crippen LogP contribution in [0.2, 0.25) is 0 Å². The van der Waals surface area contributed by atoms with E-state index in [1.807, 2.05) is 13.8 Å². The zero-order chi connectivity index (χ0) is 33.1. The first-order valence-corrected chi connectivity index (χ1v) is 13.7. The number of aliphatic hydroxyl groups is 2. The first-order chi connectivity index (χ1) is 18.4. The summed E-state index contributed by atoms with van der Waals surface area (Å²) in [4.78, 5) is 0. The van der Waals surface area contributed by atoms with Crippen molar-refractivity contribution in [2.24, 2.45) is 0 Å². The molecule has 0 heterocycles. The Morgan fingerprint density at radius 3 is 0.974 bits per heavy atom. The van der Waals surface area contributed by atoms with Gasteiger partial charge in [-0.1, -0.05) is 51.9 Å². The predicted octanol–water partition coefficient (Wildman–Crippen LogP) is 8.58. The van der Waals surface area contributed by atoms with E-state index >= 15 is 0 Å². The maximum Gasteiger partial charge on any atom is 0.397 e. The van der Waals surface area contributed by atoms with Crippen molar-refractivity contribution < 1.29 is 32.1 Å². The Morgan fingerprint density at radius 1 is 0.526 bits per heavy atom. The standard InChI is InChI=1S/C10H22O4S.C4H10O.C2H6O2.7C2H4/c1-2-3-4-5-6-7-8-9-10-14-15(11,12)13;1-3-5-4-2;3-1-2-4;7*1-2/h2-10H2,1H3,(H,11,12,13);3-4H2,1-2H3;3-4H,1-2H2;7*1-2H2. The number of aliphatic hydroxyl groups excluding tert-OH is 2. The van der Waals surface area contributed by atoms with Crippen LogP contribution in [-0.4, -0.2) is 56.2 Å².